The van der Waals surface area contributed by atoms with Crippen molar-refractivity contribution in [3.8, 4) is 5.75 Å². The van der Waals surface area contributed by atoms with Crippen molar-refractivity contribution in [2.75, 3.05) is 26.8 Å². The van der Waals surface area contributed by atoms with E-state index in [1.807, 2.05) is 12.1 Å². The molecule has 0 aromatic heterocycles. The highest BCUT2D eigenvalue weighted by atomic mass is 16.5. The van der Waals surface area contributed by atoms with Crippen LogP contribution in [0.25, 0.3) is 0 Å². The summed E-state index contributed by atoms with van der Waals surface area (Å²) >= 11 is 0. The van der Waals surface area contributed by atoms with Crippen LogP contribution in [0.5, 0.6) is 5.75 Å². The van der Waals surface area contributed by atoms with Gasteiger partial charge in [-0.1, -0.05) is 12.1 Å². The molecule has 3 atom stereocenters. The molecule has 3 aliphatic rings. The highest BCUT2D eigenvalue weighted by Crippen LogP contribution is 2.36. The number of ether oxygens (including phenoxy) is 2. The van der Waals surface area contributed by atoms with Crippen molar-refractivity contribution in [3.63, 3.8) is 0 Å². The lowest BCUT2D eigenvalue weighted by Crippen LogP contribution is -2.42. The third-order valence-electron chi connectivity index (χ3n) is 5.75. The zero-order valence-electron chi connectivity index (χ0n) is 14.9. The van der Waals surface area contributed by atoms with E-state index in [1.54, 1.807) is 7.11 Å². The number of methoxy groups -OCH3 is 1. The number of benzene rings is 1. The Hall–Kier alpha value is -1.59. The molecular weight excluding hydrogens is 316 g/mol. The van der Waals surface area contributed by atoms with Gasteiger partial charge in [0, 0.05) is 25.0 Å². The van der Waals surface area contributed by atoms with E-state index in [0.29, 0.717) is 24.3 Å². The fraction of sp³-hybridized carbons (Fsp3) is 0.650. The topological polar surface area (TPSA) is 50.8 Å². The quantitative estimate of drug-likeness (QED) is 0.860. The van der Waals surface area contributed by atoms with Crippen LogP contribution in [0.3, 0.4) is 0 Å². The molecule has 0 unspecified atom stereocenters. The predicted octanol–water partition coefficient (Wildman–Crippen LogP) is 2.20. The van der Waals surface area contributed by atoms with Crippen molar-refractivity contribution < 1.29 is 14.3 Å². The van der Waals surface area contributed by atoms with Crippen molar-refractivity contribution in [1.29, 1.82) is 0 Å². The Morgan fingerprint density at radius 2 is 2.24 bits per heavy atom. The monoisotopic (exact) mass is 344 g/mol. The van der Waals surface area contributed by atoms with E-state index in [1.165, 1.54) is 5.56 Å². The van der Waals surface area contributed by atoms with Crippen molar-refractivity contribution in [3.05, 3.63) is 29.8 Å². The first-order valence-electron chi connectivity index (χ1n) is 9.47. The molecule has 1 amide bonds. The van der Waals surface area contributed by atoms with Gasteiger partial charge in [0.2, 0.25) is 5.91 Å². The molecule has 0 radical (unpaired) electrons. The van der Waals surface area contributed by atoms with Gasteiger partial charge in [-0.3, -0.25) is 9.69 Å². The minimum atomic E-state index is 0.114. The molecule has 1 aromatic rings. The van der Waals surface area contributed by atoms with Crippen molar-refractivity contribution in [1.82, 2.24) is 10.2 Å². The fourth-order valence-electron chi connectivity index (χ4n) is 4.24. The van der Waals surface area contributed by atoms with Crippen LogP contribution < -0.4 is 10.1 Å². The number of carbonyl (C=O) groups excluding carboxylic acids is 1. The number of hydrogen-bond donors (Lipinski definition) is 1. The third-order valence-corrected chi connectivity index (χ3v) is 5.75. The van der Waals surface area contributed by atoms with Crippen LogP contribution in [0.4, 0.5) is 0 Å². The number of amides is 1. The van der Waals surface area contributed by atoms with Gasteiger partial charge in [-0.2, -0.15) is 0 Å². The summed E-state index contributed by atoms with van der Waals surface area (Å²) < 4.78 is 11.3. The molecule has 4 rings (SSSR count). The molecule has 2 saturated heterocycles. The first-order chi connectivity index (χ1) is 12.2. The molecule has 136 valence electrons. The zero-order chi connectivity index (χ0) is 17.2. The number of fused-ring (bicyclic) bond motifs is 1. The second-order valence-electron chi connectivity index (χ2n) is 7.72. The number of nitrogens with zero attached hydrogens (tertiary/aromatic N) is 1. The number of carbonyl (C=O) groups is 1. The van der Waals surface area contributed by atoms with Crippen LogP contribution in [-0.4, -0.2) is 49.8 Å². The Labute approximate surface area is 149 Å². The summed E-state index contributed by atoms with van der Waals surface area (Å²) in [6, 6.07) is 8.74. The number of piperidine rings is 1. The molecule has 1 aromatic carbocycles. The standard InChI is InChI=1S/C20H28N2O3/c1-24-17-4-2-3-14(9-17)11-22-8-7-18-15(12-22)13-25-19(18)10-20(23)21-16-5-6-16/h2-4,9,15-16,18-19H,5-8,10-13H2,1H3,(H,21,23)/t15-,18-,19+/m1/s1. The molecule has 5 heteroatoms. The lowest BCUT2D eigenvalue weighted by molar-refractivity contribution is -0.123. The smallest absolute Gasteiger partial charge is 0.222 e. The van der Waals surface area contributed by atoms with E-state index in [9.17, 15) is 4.79 Å². The SMILES string of the molecule is COc1cccc(CN2CC[C@@H]3[C@@H](CO[C@H]3CC(=O)NC3CC3)C2)c1. The average molecular weight is 344 g/mol. The Morgan fingerprint density at radius 1 is 1.36 bits per heavy atom. The maximum absolute atomic E-state index is 12.1. The van der Waals surface area contributed by atoms with E-state index in [4.69, 9.17) is 9.47 Å². The summed E-state index contributed by atoms with van der Waals surface area (Å²) in [5, 5.41) is 3.09. The van der Waals surface area contributed by atoms with E-state index < -0.39 is 0 Å². The molecule has 5 nitrogen and oxygen atoms in total. The molecule has 1 N–H and O–H groups in total. The van der Waals surface area contributed by atoms with Gasteiger partial charge in [0.1, 0.15) is 5.75 Å². The first-order valence-corrected chi connectivity index (χ1v) is 9.47. The average Bonchev–Trinajstić information content (AvgIpc) is 3.34. The van der Waals surface area contributed by atoms with Gasteiger partial charge in [0.25, 0.3) is 0 Å². The van der Waals surface area contributed by atoms with Gasteiger partial charge in [-0.15, -0.1) is 0 Å². The minimum absolute atomic E-state index is 0.114. The fourth-order valence-corrected chi connectivity index (χ4v) is 4.24. The molecule has 3 fully saturated rings. The largest absolute Gasteiger partial charge is 0.497 e. The molecule has 0 bridgehead atoms. The van der Waals surface area contributed by atoms with E-state index in [-0.39, 0.29) is 12.0 Å². The summed E-state index contributed by atoms with van der Waals surface area (Å²) in [5.41, 5.74) is 1.29. The predicted molar refractivity (Wildman–Crippen MR) is 95.4 cm³/mol. The third kappa shape index (κ3) is 4.15. The maximum Gasteiger partial charge on any atom is 0.222 e. The summed E-state index contributed by atoms with van der Waals surface area (Å²) in [6.07, 6.45) is 4.05. The van der Waals surface area contributed by atoms with E-state index in [0.717, 1.165) is 51.3 Å². The second kappa shape index (κ2) is 7.34. The molecule has 0 spiro atoms. The first kappa shape index (κ1) is 16.9. The van der Waals surface area contributed by atoms with Crippen LogP contribution in [-0.2, 0) is 16.1 Å². The van der Waals surface area contributed by atoms with Crippen molar-refractivity contribution in [2.24, 2.45) is 11.8 Å². The molecule has 1 aliphatic carbocycles. The Bertz CT molecular complexity index is 617. The lowest BCUT2D eigenvalue weighted by atomic mass is 9.83. The van der Waals surface area contributed by atoms with Crippen LogP contribution >= 0.6 is 0 Å². The minimum Gasteiger partial charge on any atom is -0.497 e. The lowest BCUT2D eigenvalue weighted by Gasteiger charge is -2.35. The normalized spacial score (nSPS) is 29.2. The Morgan fingerprint density at radius 3 is 3.04 bits per heavy atom. The van der Waals surface area contributed by atoms with E-state index in [2.05, 4.69) is 22.3 Å². The van der Waals surface area contributed by atoms with Crippen molar-refractivity contribution >= 4 is 5.91 Å². The van der Waals surface area contributed by atoms with Crippen LogP contribution in [0.15, 0.2) is 24.3 Å². The number of likely N-dealkylation sites (tertiary alicyclic amines) is 1. The van der Waals surface area contributed by atoms with Crippen LogP contribution in [0, 0.1) is 11.8 Å². The second-order valence-corrected chi connectivity index (χ2v) is 7.72. The number of rotatable bonds is 6. The van der Waals surface area contributed by atoms with Gasteiger partial charge in [-0.05, 0) is 49.4 Å². The molecule has 25 heavy (non-hydrogen) atoms. The van der Waals surface area contributed by atoms with Gasteiger partial charge < -0.3 is 14.8 Å². The Balaban J connectivity index is 1.29. The highest BCUT2D eigenvalue weighted by Gasteiger charge is 2.41. The summed E-state index contributed by atoms with van der Waals surface area (Å²) in [4.78, 5) is 14.6. The zero-order valence-corrected chi connectivity index (χ0v) is 14.9. The van der Waals surface area contributed by atoms with Gasteiger partial charge >= 0.3 is 0 Å². The summed E-state index contributed by atoms with van der Waals surface area (Å²) in [6.45, 7) is 3.87. The van der Waals surface area contributed by atoms with Crippen LogP contribution in [0.1, 0.15) is 31.2 Å². The van der Waals surface area contributed by atoms with Gasteiger partial charge in [0.15, 0.2) is 0 Å². The molecule has 1 saturated carbocycles. The van der Waals surface area contributed by atoms with Crippen molar-refractivity contribution in [2.45, 2.75) is 44.4 Å². The van der Waals surface area contributed by atoms with E-state index >= 15 is 0 Å². The molecule has 2 heterocycles. The summed E-state index contributed by atoms with van der Waals surface area (Å²) in [5.74, 6) is 2.18. The summed E-state index contributed by atoms with van der Waals surface area (Å²) in [7, 11) is 1.71. The molecular formula is C20H28N2O3. The van der Waals surface area contributed by atoms with Gasteiger partial charge in [-0.25, -0.2) is 0 Å². The highest BCUT2D eigenvalue weighted by molar-refractivity contribution is 5.77. The van der Waals surface area contributed by atoms with Gasteiger partial charge in [0.05, 0.1) is 26.2 Å². The number of hydrogen-bond acceptors (Lipinski definition) is 4. The molecule has 2 aliphatic heterocycles. The Kier molecular flexibility index (Phi) is 4.95. The van der Waals surface area contributed by atoms with Crippen LogP contribution in [0.2, 0.25) is 0 Å². The number of nitrogens with one attached hydrogen (secondary N) is 1. The maximum atomic E-state index is 12.1.